The summed E-state index contributed by atoms with van der Waals surface area (Å²) < 4.78 is 5.82. The van der Waals surface area contributed by atoms with Crippen molar-refractivity contribution < 1.29 is 4.42 Å². The van der Waals surface area contributed by atoms with Gasteiger partial charge in [-0.3, -0.25) is 9.88 Å². The van der Waals surface area contributed by atoms with Gasteiger partial charge in [0, 0.05) is 18.9 Å². The lowest BCUT2D eigenvalue weighted by Crippen LogP contribution is -2.17. The monoisotopic (exact) mass is 273 g/mol. The Kier molecular flexibility index (Phi) is 5.77. The molecule has 0 fully saturated rings. The van der Waals surface area contributed by atoms with Crippen molar-refractivity contribution in [2.75, 3.05) is 13.6 Å². The molecule has 108 valence electrons. The standard InChI is InChI=1S/C16H23N3O/c1-3-8-17-11-15-6-7-16(20-15)13-19(2)12-14-5-4-9-18-10-14/h4-7,9-10,17H,3,8,11-13H2,1-2H3. The third-order valence-corrected chi connectivity index (χ3v) is 3.04. The van der Waals surface area contributed by atoms with E-state index in [0.29, 0.717) is 0 Å². The molecule has 2 heterocycles. The maximum absolute atomic E-state index is 5.82. The zero-order chi connectivity index (χ0) is 14.2. The lowest BCUT2D eigenvalue weighted by Gasteiger charge is -2.14. The number of furan rings is 1. The molecule has 0 aliphatic heterocycles. The number of rotatable bonds is 8. The van der Waals surface area contributed by atoms with Gasteiger partial charge in [0.15, 0.2) is 0 Å². The molecule has 0 aliphatic rings. The van der Waals surface area contributed by atoms with Crippen molar-refractivity contribution in [3.8, 4) is 0 Å². The van der Waals surface area contributed by atoms with Gasteiger partial charge >= 0.3 is 0 Å². The highest BCUT2D eigenvalue weighted by Gasteiger charge is 2.06. The highest BCUT2D eigenvalue weighted by molar-refractivity contribution is 5.10. The third-order valence-electron chi connectivity index (χ3n) is 3.04. The Morgan fingerprint density at radius 3 is 2.80 bits per heavy atom. The molecule has 2 rings (SSSR count). The van der Waals surface area contributed by atoms with Gasteiger partial charge in [-0.15, -0.1) is 0 Å². The number of pyridine rings is 1. The molecule has 1 N–H and O–H groups in total. The highest BCUT2D eigenvalue weighted by atomic mass is 16.3. The van der Waals surface area contributed by atoms with Crippen molar-refractivity contribution in [1.29, 1.82) is 0 Å². The zero-order valence-corrected chi connectivity index (χ0v) is 12.3. The molecule has 0 bridgehead atoms. The van der Waals surface area contributed by atoms with Crippen LogP contribution in [0.1, 0.15) is 30.4 Å². The lowest BCUT2D eigenvalue weighted by molar-refractivity contribution is 0.282. The second-order valence-electron chi connectivity index (χ2n) is 5.08. The minimum atomic E-state index is 0.806. The van der Waals surface area contributed by atoms with E-state index in [0.717, 1.165) is 44.1 Å². The minimum absolute atomic E-state index is 0.806. The van der Waals surface area contributed by atoms with Crippen LogP contribution in [0.5, 0.6) is 0 Å². The van der Waals surface area contributed by atoms with Crippen molar-refractivity contribution in [3.05, 3.63) is 53.7 Å². The van der Waals surface area contributed by atoms with E-state index in [1.54, 1.807) is 6.20 Å². The Morgan fingerprint density at radius 1 is 1.20 bits per heavy atom. The van der Waals surface area contributed by atoms with Gasteiger partial charge in [0.2, 0.25) is 0 Å². The first-order valence-corrected chi connectivity index (χ1v) is 7.13. The van der Waals surface area contributed by atoms with Gasteiger partial charge in [-0.25, -0.2) is 0 Å². The second-order valence-corrected chi connectivity index (χ2v) is 5.08. The molecule has 2 aromatic heterocycles. The van der Waals surface area contributed by atoms with E-state index in [1.807, 2.05) is 12.3 Å². The average Bonchev–Trinajstić information content (AvgIpc) is 2.87. The fourth-order valence-electron chi connectivity index (χ4n) is 2.12. The first-order chi connectivity index (χ1) is 9.78. The van der Waals surface area contributed by atoms with Crippen LogP contribution in [0.15, 0.2) is 41.1 Å². The van der Waals surface area contributed by atoms with E-state index in [4.69, 9.17) is 4.42 Å². The largest absolute Gasteiger partial charge is 0.463 e. The smallest absolute Gasteiger partial charge is 0.118 e. The number of nitrogens with zero attached hydrogens (tertiary/aromatic N) is 2. The first kappa shape index (κ1) is 14.8. The first-order valence-electron chi connectivity index (χ1n) is 7.13. The zero-order valence-electron chi connectivity index (χ0n) is 12.3. The third kappa shape index (κ3) is 4.79. The van der Waals surface area contributed by atoms with E-state index in [2.05, 4.69) is 47.4 Å². The molecule has 0 radical (unpaired) electrons. The maximum atomic E-state index is 5.82. The van der Waals surface area contributed by atoms with E-state index < -0.39 is 0 Å². The summed E-state index contributed by atoms with van der Waals surface area (Å²) in [5.41, 5.74) is 1.21. The Hall–Kier alpha value is -1.65. The Bertz CT molecular complexity index is 495. The van der Waals surface area contributed by atoms with E-state index in [1.165, 1.54) is 5.56 Å². The van der Waals surface area contributed by atoms with Crippen LogP contribution in [0, 0.1) is 0 Å². The summed E-state index contributed by atoms with van der Waals surface area (Å²) in [5.74, 6) is 2.01. The SMILES string of the molecule is CCCNCc1ccc(CN(C)Cc2cccnc2)o1. The molecular weight excluding hydrogens is 250 g/mol. The topological polar surface area (TPSA) is 41.3 Å². The van der Waals surface area contributed by atoms with Gasteiger partial charge in [0.05, 0.1) is 13.1 Å². The molecule has 0 saturated heterocycles. The van der Waals surface area contributed by atoms with Crippen LogP contribution in [-0.2, 0) is 19.6 Å². The molecule has 0 aliphatic carbocycles. The molecule has 0 amide bonds. The van der Waals surface area contributed by atoms with E-state index in [9.17, 15) is 0 Å². The van der Waals surface area contributed by atoms with Gasteiger partial charge in [0.25, 0.3) is 0 Å². The summed E-state index contributed by atoms with van der Waals surface area (Å²) in [6.45, 7) is 5.67. The summed E-state index contributed by atoms with van der Waals surface area (Å²) in [4.78, 5) is 6.35. The summed E-state index contributed by atoms with van der Waals surface area (Å²) in [6, 6.07) is 8.16. The lowest BCUT2D eigenvalue weighted by atomic mass is 10.2. The molecular formula is C16H23N3O. The van der Waals surface area contributed by atoms with Gasteiger partial charge in [-0.2, -0.15) is 0 Å². The van der Waals surface area contributed by atoms with Crippen LogP contribution in [-0.4, -0.2) is 23.5 Å². The molecule has 20 heavy (non-hydrogen) atoms. The van der Waals surface area contributed by atoms with Crippen molar-refractivity contribution in [2.24, 2.45) is 0 Å². The highest BCUT2D eigenvalue weighted by Crippen LogP contribution is 2.11. The fourth-order valence-corrected chi connectivity index (χ4v) is 2.12. The quantitative estimate of drug-likeness (QED) is 0.751. The normalized spacial score (nSPS) is 11.2. The molecule has 2 aromatic rings. The van der Waals surface area contributed by atoms with Crippen molar-refractivity contribution in [2.45, 2.75) is 33.0 Å². The van der Waals surface area contributed by atoms with Gasteiger partial charge in [-0.05, 0) is 43.8 Å². The van der Waals surface area contributed by atoms with E-state index >= 15 is 0 Å². The van der Waals surface area contributed by atoms with Crippen LogP contribution in [0.3, 0.4) is 0 Å². The Balaban J connectivity index is 1.80. The maximum Gasteiger partial charge on any atom is 0.118 e. The molecule has 0 unspecified atom stereocenters. The minimum Gasteiger partial charge on any atom is -0.463 e. The number of aromatic nitrogens is 1. The predicted octanol–water partition coefficient (Wildman–Crippen LogP) is 2.81. The van der Waals surface area contributed by atoms with Crippen molar-refractivity contribution in [1.82, 2.24) is 15.2 Å². The summed E-state index contributed by atoms with van der Waals surface area (Å²) in [7, 11) is 2.09. The molecule has 0 aromatic carbocycles. The number of hydrogen-bond acceptors (Lipinski definition) is 4. The number of hydrogen-bond donors (Lipinski definition) is 1. The van der Waals surface area contributed by atoms with Gasteiger partial charge in [0.1, 0.15) is 11.5 Å². The van der Waals surface area contributed by atoms with Gasteiger partial charge in [-0.1, -0.05) is 13.0 Å². The molecule has 4 nitrogen and oxygen atoms in total. The predicted molar refractivity (Wildman–Crippen MR) is 80.1 cm³/mol. The van der Waals surface area contributed by atoms with Crippen molar-refractivity contribution in [3.63, 3.8) is 0 Å². The molecule has 0 saturated carbocycles. The Morgan fingerprint density at radius 2 is 2.05 bits per heavy atom. The average molecular weight is 273 g/mol. The molecule has 0 atom stereocenters. The number of nitrogens with one attached hydrogen (secondary N) is 1. The van der Waals surface area contributed by atoms with Crippen LogP contribution >= 0.6 is 0 Å². The van der Waals surface area contributed by atoms with Crippen molar-refractivity contribution >= 4 is 0 Å². The molecule has 0 spiro atoms. The van der Waals surface area contributed by atoms with Crippen LogP contribution < -0.4 is 5.32 Å². The molecule has 4 heteroatoms. The van der Waals surface area contributed by atoms with Crippen LogP contribution in [0.4, 0.5) is 0 Å². The second kappa shape index (κ2) is 7.82. The van der Waals surface area contributed by atoms with Crippen LogP contribution in [0.25, 0.3) is 0 Å². The van der Waals surface area contributed by atoms with E-state index in [-0.39, 0.29) is 0 Å². The summed E-state index contributed by atoms with van der Waals surface area (Å²) in [6.07, 6.45) is 4.84. The fraction of sp³-hybridized carbons (Fsp3) is 0.438. The van der Waals surface area contributed by atoms with Crippen LogP contribution in [0.2, 0.25) is 0 Å². The Labute approximate surface area is 120 Å². The summed E-state index contributed by atoms with van der Waals surface area (Å²) in [5, 5.41) is 3.34. The summed E-state index contributed by atoms with van der Waals surface area (Å²) >= 11 is 0. The van der Waals surface area contributed by atoms with Gasteiger partial charge < -0.3 is 9.73 Å².